The van der Waals surface area contributed by atoms with Gasteiger partial charge in [0, 0.05) is 11.6 Å². The molecule has 1 N–H and O–H groups in total. The van der Waals surface area contributed by atoms with Gasteiger partial charge >= 0.3 is 5.97 Å². The van der Waals surface area contributed by atoms with Gasteiger partial charge in [-0.25, -0.2) is 4.79 Å². The van der Waals surface area contributed by atoms with Crippen LogP contribution in [0.15, 0.2) is 18.2 Å². The normalized spacial score (nSPS) is 16.2. The quantitative estimate of drug-likeness (QED) is 0.666. The molecular formula is C14H17NO4. The van der Waals surface area contributed by atoms with Crippen molar-refractivity contribution in [1.29, 1.82) is 0 Å². The molecule has 0 aromatic heterocycles. The van der Waals surface area contributed by atoms with E-state index in [0.29, 0.717) is 17.9 Å². The number of hydrogen-bond acceptors (Lipinski definition) is 3. The molecule has 5 nitrogen and oxygen atoms in total. The van der Waals surface area contributed by atoms with E-state index in [4.69, 9.17) is 5.11 Å². The molecule has 0 saturated heterocycles. The fourth-order valence-corrected chi connectivity index (χ4v) is 2.74. The van der Waals surface area contributed by atoms with Gasteiger partial charge in [0.1, 0.15) is 0 Å². The second-order valence-corrected chi connectivity index (χ2v) is 5.11. The van der Waals surface area contributed by atoms with Crippen LogP contribution < -0.4 is 0 Å². The maximum Gasteiger partial charge on any atom is 0.335 e. The highest BCUT2D eigenvalue weighted by Gasteiger charge is 2.21. The van der Waals surface area contributed by atoms with Crippen molar-refractivity contribution < 1.29 is 14.8 Å². The highest BCUT2D eigenvalue weighted by atomic mass is 16.6. The summed E-state index contributed by atoms with van der Waals surface area (Å²) >= 11 is 0. The van der Waals surface area contributed by atoms with Crippen LogP contribution in [0.4, 0.5) is 5.69 Å². The molecule has 19 heavy (non-hydrogen) atoms. The Morgan fingerprint density at radius 3 is 2.58 bits per heavy atom. The van der Waals surface area contributed by atoms with Gasteiger partial charge in [-0.3, -0.25) is 10.1 Å². The third-order valence-corrected chi connectivity index (χ3v) is 3.76. The second kappa shape index (κ2) is 5.82. The molecule has 0 unspecified atom stereocenters. The Morgan fingerprint density at radius 1 is 1.32 bits per heavy atom. The molecule has 1 aliphatic rings. The molecule has 0 atom stereocenters. The number of rotatable bonds is 4. The van der Waals surface area contributed by atoms with Crippen molar-refractivity contribution in [2.24, 2.45) is 5.92 Å². The van der Waals surface area contributed by atoms with Crippen LogP contribution in [0.25, 0.3) is 0 Å². The molecule has 0 aliphatic heterocycles. The van der Waals surface area contributed by atoms with Crippen LogP contribution >= 0.6 is 0 Å². The van der Waals surface area contributed by atoms with Crippen molar-refractivity contribution in [1.82, 2.24) is 0 Å². The van der Waals surface area contributed by atoms with Gasteiger partial charge in [0.15, 0.2) is 0 Å². The molecule has 1 aromatic carbocycles. The highest BCUT2D eigenvalue weighted by Crippen LogP contribution is 2.30. The topological polar surface area (TPSA) is 80.4 Å². The molecule has 2 rings (SSSR count). The largest absolute Gasteiger partial charge is 0.478 e. The first-order valence-corrected chi connectivity index (χ1v) is 6.58. The fourth-order valence-electron chi connectivity index (χ4n) is 2.74. The molecule has 5 heteroatoms. The molecular weight excluding hydrogens is 246 g/mol. The number of carboxylic acids is 1. The smallest absolute Gasteiger partial charge is 0.335 e. The number of nitro benzene ring substituents is 1. The minimum atomic E-state index is -1.13. The van der Waals surface area contributed by atoms with Gasteiger partial charge in [-0.15, -0.1) is 0 Å². The van der Waals surface area contributed by atoms with E-state index in [0.717, 1.165) is 12.8 Å². The number of nitro groups is 1. The minimum Gasteiger partial charge on any atom is -0.478 e. The number of carbonyl (C=O) groups is 1. The Balaban J connectivity index is 2.23. The SMILES string of the molecule is O=C(O)c1ccc(CC2CCCCC2)c([N+](=O)[O-])c1. The van der Waals surface area contributed by atoms with Gasteiger partial charge in [0.05, 0.1) is 10.5 Å². The molecule has 1 aromatic rings. The molecule has 0 radical (unpaired) electrons. The third kappa shape index (κ3) is 3.30. The van der Waals surface area contributed by atoms with Gasteiger partial charge in [0.25, 0.3) is 5.69 Å². The van der Waals surface area contributed by atoms with Gasteiger partial charge in [-0.1, -0.05) is 38.2 Å². The van der Waals surface area contributed by atoms with Gasteiger partial charge < -0.3 is 5.11 Å². The average Bonchev–Trinajstić information content (AvgIpc) is 2.39. The predicted octanol–water partition coefficient (Wildman–Crippen LogP) is 3.42. The van der Waals surface area contributed by atoms with Crippen LogP contribution in [0.1, 0.15) is 48.0 Å². The average molecular weight is 263 g/mol. The van der Waals surface area contributed by atoms with E-state index in [9.17, 15) is 14.9 Å². The maximum absolute atomic E-state index is 11.1. The van der Waals surface area contributed by atoms with Crippen LogP contribution in [-0.4, -0.2) is 16.0 Å². The van der Waals surface area contributed by atoms with Crippen molar-refractivity contribution in [3.63, 3.8) is 0 Å². The molecule has 0 bridgehead atoms. The van der Waals surface area contributed by atoms with Gasteiger partial charge in [0.2, 0.25) is 0 Å². The van der Waals surface area contributed by atoms with Crippen molar-refractivity contribution in [3.05, 3.63) is 39.4 Å². The van der Waals surface area contributed by atoms with E-state index >= 15 is 0 Å². The summed E-state index contributed by atoms with van der Waals surface area (Å²) < 4.78 is 0. The van der Waals surface area contributed by atoms with E-state index in [-0.39, 0.29) is 11.3 Å². The predicted molar refractivity (Wildman–Crippen MR) is 70.3 cm³/mol. The van der Waals surface area contributed by atoms with Crippen molar-refractivity contribution in [3.8, 4) is 0 Å². The Hall–Kier alpha value is -1.91. The third-order valence-electron chi connectivity index (χ3n) is 3.76. The summed E-state index contributed by atoms with van der Waals surface area (Å²) in [5.74, 6) is -0.643. The minimum absolute atomic E-state index is 0.0286. The molecule has 102 valence electrons. The first-order chi connectivity index (χ1) is 9.08. The molecule has 0 heterocycles. The lowest BCUT2D eigenvalue weighted by molar-refractivity contribution is -0.385. The zero-order chi connectivity index (χ0) is 13.8. The van der Waals surface area contributed by atoms with Crippen LogP contribution in [0.5, 0.6) is 0 Å². The summed E-state index contributed by atoms with van der Waals surface area (Å²) in [6.07, 6.45) is 6.51. The van der Waals surface area contributed by atoms with Crippen molar-refractivity contribution in [2.75, 3.05) is 0 Å². The number of nitrogens with zero attached hydrogens (tertiary/aromatic N) is 1. The van der Waals surface area contributed by atoms with E-state index in [1.165, 1.54) is 31.4 Å². The zero-order valence-corrected chi connectivity index (χ0v) is 10.7. The summed E-state index contributed by atoms with van der Waals surface area (Å²) in [5.41, 5.74) is 0.562. The summed E-state index contributed by atoms with van der Waals surface area (Å²) in [4.78, 5) is 21.4. The number of aromatic carboxylic acids is 1. The van der Waals surface area contributed by atoms with E-state index < -0.39 is 10.9 Å². The standard InChI is InChI=1S/C14H17NO4/c16-14(17)12-7-6-11(13(9-12)15(18)19)8-10-4-2-1-3-5-10/h6-7,9-10H,1-5,8H2,(H,16,17). The second-order valence-electron chi connectivity index (χ2n) is 5.11. The highest BCUT2D eigenvalue weighted by molar-refractivity contribution is 5.88. The molecule has 1 aliphatic carbocycles. The Bertz CT molecular complexity index is 492. The van der Waals surface area contributed by atoms with Gasteiger partial charge in [-0.05, 0) is 18.4 Å². The Kier molecular flexibility index (Phi) is 4.14. The van der Waals surface area contributed by atoms with Crippen LogP contribution in [0, 0.1) is 16.0 Å². The van der Waals surface area contributed by atoms with E-state index in [1.807, 2.05) is 0 Å². The Labute approximate surface area is 111 Å². The summed E-state index contributed by atoms with van der Waals surface area (Å²) in [7, 11) is 0. The van der Waals surface area contributed by atoms with Gasteiger partial charge in [-0.2, -0.15) is 0 Å². The molecule has 0 amide bonds. The lowest BCUT2D eigenvalue weighted by Crippen LogP contribution is -2.11. The first-order valence-electron chi connectivity index (χ1n) is 6.58. The van der Waals surface area contributed by atoms with E-state index in [1.54, 1.807) is 6.07 Å². The van der Waals surface area contributed by atoms with Crippen LogP contribution in [-0.2, 0) is 6.42 Å². The number of carboxylic acid groups (broad SMARTS) is 1. The molecule has 1 fully saturated rings. The zero-order valence-electron chi connectivity index (χ0n) is 10.7. The summed E-state index contributed by atoms with van der Waals surface area (Å²) in [5, 5.41) is 19.9. The first kappa shape index (κ1) is 13.5. The summed E-state index contributed by atoms with van der Waals surface area (Å²) in [6.45, 7) is 0. The monoisotopic (exact) mass is 263 g/mol. The Morgan fingerprint density at radius 2 is 2.00 bits per heavy atom. The lowest BCUT2D eigenvalue weighted by atomic mass is 9.84. The number of benzene rings is 1. The fraction of sp³-hybridized carbons (Fsp3) is 0.500. The van der Waals surface area contributed by atoms with E-state index in [2.05, 4.69) is 0 Å². The molecule has 1 saturated carbocycles. The van der Waals surface area contributed by atoms with Crippen molar-refractivity contribution >= 4 is 11.7 Å². The number of hydrogen-bond donors (Lipinski definition) is 1. The lowest BCUT2D eigenvalue weighted by Gasteiger charge is -2.21. The van der Waals surface area contributed by atoms with Crippen LogP contribution in [0.2, 0.25) is 0 Å². The van der Waals surface area contributed by atoms with Crippen molar-refractivity contribution in [2.45, 2.75) is 38.5 Å². The molecule has 0 spiro atoms. The summed E-state index contributed by atoms with van der Waals surface area (Å²) in [6, 6.07) is 4.21. The maximum atomic E-state index is 11.1. The van der Waals surface area contributed by atoms with Crippen LogP contribution in [0.3, 0.4) is 0 Å².